The van der Waals surface area contributed by atoms with Gasteiger partial charge in [-0.2, -0.15) is 0 Å². The fourth-order valence-corrected chi connectivity index (χ4v) is 0.960. The molecule has 80 valence electrons. The Hall–Kier alpha value is -1.05. The average Bonchev–Trinajstić information content (AvgIpc) is 2.22. The molecule has 0 aromatic rings. The summed E-state index contributed by atoms with van der Waals surface area (Å²) in [6.45, 7) is 4.66. The van der Waals surface area contributed by atoms with Gasteiger partial charge in [0.05, 0.1) is 20.3 Å². The molecule has 0 heterocycles. The van der Waals surface area contributed by atoms with Crippen LogP contribution in [0.2, 0.25) is 0 Å². The molecule has 0 saturated heterocycles. The molecule has 0 amide bonds. The minimum atomic E-state index is -0.864. The summed E-state index contributed by atoms with van der Waals surface area (Å²) in [4.78, 5) is 11.4. The summed E-state index contributed by atoms with van der Waals surface area (Å²) >= 11 is 0. The number of hydrogen-bond acceptors (Lipinski definition) is 4. The molecule has 1 N–H and O–H groups in total. The lowest BCUT2D eigenvalue weighted by Crippen LogP contribution is -2.53. The van der Waals surface area contributed by atoms with E-state index in [2.05, 4.69) is 16.0 Å². The Morgan fingerprint density at radius 1 is 1.64 bits per heavy atom. The quantitative estimate of drug-likeness (QED) is 0.489. The maximum atomic E-state index is 11.4. The number of rotatable bonds is 6. The third-order valence-electron chi connectivity index (χ3n) is 1.81. The molecule has 14 heavy (non-hydrogen) atoms. The fourth-order valence-electron chi connectivity index (χ4n) is 0.960. The standard InChI is InChI=1S/C10H17NO3/c1-5-7-11-10(3,8-14-6-2)9(12)13-4/h1,11H,6-8H2,2-4H3. The van der Waals surface area contributed by atoms with Gasteiger partial charge in [0, 0.05) is 6.61 Å². The molecule has 0 aromatic heterocycles. The number of esters is 1. The first-order valence-corrected chi connectivity index (χ1v) is 4.45. The second kappa shape index (κ2) is 6.41. The van der Waals surface area contributed by atoms with Crippen molar-refractivity contribution in [1.29, 1.82) is 0 Å². The largest absolute Gasteiger partial charge is 0.468 e. The van der Waals surface area contributed by atoms with Crippen molar-refractivity contribution < 1.29 is 14.3 Å². The summed E-state index contributed by atoms with van der Waals surface area (Å²) in [5.74, 6) is 2.03. The number of methoxy groups -OCH3 is 1. The summed E-state index contributed by atoms with van der Waals surface area (Å²) in [6.07, 6.45) is 5.10. The zero-order chi connectivity index (χ0) is 11.0. The zero-order valence-corrected chi connectivity index (χ0v) is 8.92. The minimum Gasteiger partial charge on any atom is -0.468 e. The van der Waals surface area contributed by atoms with Crippen LogP contribution in [0.5, 0.6) is 0 Å². The van der Waals surface area contributed by atoms with E-state index in [1.54, 1.807) is 6.92 Å². The summed E-state index contributed by atoms with van der Waals surface area (Å²) in [7, 11) is 1.34. The van der Waals surface area contributed by atoms with Crippen LogP contribution in [0.15, 0.2) is 0 Å². The fraction of sp³-hybridized carbons (Fsp3) is 0.700. The highest BCUT2D eigenvalue weighted by Crippen LogP contribution is 2.06. The van der Waals surface area contributed by atoms with Crippen molar-refractivity contribution in [2.75, 3.05) is 26.9 Å². The van der Waals surface area contributed by atoms with Crippen LogP contribution in [-0.4, -0.2) is 38.4 Å². The van der Waals surface area contributed by atoms with E-state index in [1.807, 2.05) is 6.92 Å². The van der Waals surface area contributed by atoms with Crippen LogP contribution in [0, 0.1) is 12.3 Å². The van der Waals surface area contributed by atoms with E-state index in [0.717, 1.165) is 0 Å². The lowest BCUT2D eigenvalue weighted by Gasteiger charge is -2.26. The van der Waals surface area contributed by atoms with Gasteiger partial charge in [0.15, 0.2) is 0 Å². The molecule has 0 aromatic carbocycles. The molecule has 0 radical (unpaired) electrons. The van der Waals surface area contributed by atoms with Gasteiger partial charge in [-0.25, -0.2) is 4.79 Å². The number of carbonyl (C=O) groups is 1. The normalized spacial score (nSPS) is 14.1. The summed E-state index contributed by atoms with van der Waals surface area (Å²) in [5.41, 5.74) is -0.864. The summed E-state index contributed by atoms with van der Waals surface area (Å²) < 4.78 is 9.85. The van der Waals surface area contributed by atoms with Crippen LogP contribution in [0.25, 0.3) is 0 Å². The van der Waals surface area contributed by atoms with Crippen LogP contribution in [0.1, 0.15) is 13.8 Å². The third kappa shape index (κ3) is 3.77. The molecule has 0 aliphatic heterocycles. The molecule has 0 spiro atoms. The second-order valence-electron chi connectivity index (χ2n) is 3.02. The molecule has 0 saturated carbocycles. The van der Waals surface area contributed by atoms with Gasteiger partial charge in [-0.1, -0.05) is 5.92 Å². The number of nitrogens with one attached hydrogen (secondary N) is 1. The molecule has 0 fully saturated rings. The maximum Gasteiger partial charge on any atom is 0.328 e. The van der Waals surface area contributed by atoms with E-state index < -0.39 is 5.54 Å². The Labute approximate surface area is 85.0 Å². The monoisotopic (exact) mass is 199 g/mol. The summed E-state index contributed by atoms with van der Waals surface area (Å²) in [6, 6.07) is 0. The maximum absolute atomic E-state index is 11.4. The van der Waals surface area contributed by atoms with Gasteiger partial charge in [0.1, 0.15) is 5.54 Å². The first-order chi connectivity index (χ1) is 6.60. The lowest BCUT2D eigenvalue weighted by molar-refractivity contribution is -0.150. The molecular formula is C10H17NO3. The van der Waals surface area contributed by atoms with E-state index in [-0.39, 0.29) is 12.6 Å². The van der Waals surface area contributed by atoms with E-state index in [0.29, 0.717) is 13.2 Å². The predicted octanol–water partition coefficient (Wildman–Crippen LogP) is 0.177. The van der Waals surface area contributed by atoms with Crippen molar-refractivity contribution in [2.45, 2.75) is 19.4 Å². The minimum absolute atomic E-state index is 0.248. The molecular weight excluding hydrogens is 182 g/mol. The third-order valence-corrected chi connectivity index (χ3v) is 1.81. The van der Waals surface area contributed by atoms with Gasteiger partial charge in [0.2, 0.25) is 0 Å². The zero-order valence-electron chi connectivity index (χ0n) is 8.92. The molecule has 1 unspecified atom stereocenters. The number of carbonyl (C=O) groups excluding carboxylic acids is 1. The van der Waals surface area contributed by atoms with E-state index >= 15 is 0 Å². The number of ether oxygens (including phenoxy) is 2. The smallest absolute Gasteiger partial charge is 0.328 e. The first kappa shape index (κ1) is 12.9. The second-order valence-corrected chi connectivity index (χ2v) is 3.02. The van der Waals surface area contributed by atoms with Crippen LogP contribution in [-0.2, 0) is 14.3 Å². The van der Waals surface area contributed by atoms with Crippen LogP contribution >= 0.6 is 0 Å². The van der Waals surface area contributed by atoms with Crippen molar-refractivity contribution in [3.05, 3.63) is 0 Å². The molecule has 0 rings (SSSR count). The van der Waals surface area contributed by atoms with Crippen molar-refractivity contribution in [3.8, 4) is 12.3 Å². The molecule has 0 bridgehead atoms. The van der Waals surface area contributed by atoms with Gasteiger partial charge < -0.3 is 9.47 Å². The van der Waals surface area contributed by atoms with Crippen molar-refractivity contribution in [3.63, 3.8) is 0 Å². The Morgan fingerprint density at radius 3 is 2.71 bits per heavy atom. The highest BCUT2D eigenvalue weighted by molar-refractivity contribution is 5.80. The molecule has 0 aliphatic rings. The first-order valence-electron chi connectivity index (χ1n) is 4.45. The lowest BCUT2D eigenvalue weighted by atomic mass is 10.0. The Balaban J connectivity index is 4.33. The van der Waals surface area contributed by atoms with Gasteiger partial charge in [-0.3, -0.25) is 5.32 Å². The van der Waals surface area contributed by atoms with Crippen molar-refractivity contribution in [1.82, 2.24) is 5.32 Å². The highest BCUT2D eigenvalue weighted by Gasteiger charge is 2.33. The number of terminal acetylenes is 1. The van der Waals surface area contributed by atoms with E-state index in [9.17, 15) is 4.79 Å². The number of hydrogen-bond donors (Lipinski definition) is 1. The van der Waals surface area contributed by atoms with Gasteiger partial charge >= 0.3 is 5.97 Å². The Kier molecular flexibility index (Phi) is 5.93. The topological polar surface area (TPSA) is 47.6 Å². The molecule has 1 atom stereocenters. The van der Waals surface area contributed by atoms with Crippen LogP contribution in [0.3, 0.4) is 0 Å². The van der Waals surface area contributed by atoms with E-state index in [4.69, 9.17) is 11.2 Å². The van der Waals surface area contributed by atoms with Crippen molar-refractivity contribution in [2.24, 2.45) is 0 Å². The van der Waals surface area contributed by atoms with Crippen molar-refractivity contribution >= 4 is 5.97 Å². The van der Waals surface area contributed by atoms with Crippen LogP contribution in [0.4, 0.5) is 0 Å². The average molecular weight is 199 g/mol. The predicted molar refractivity (Wildman–Crippen MR) is 53.7 cm³/mol. The SMILES string of the molecule is C#CCNC(C)(COCC)C(=O)OC. The van der Waals surface area contributed by atoms with Gasteiger partial charge in [-0.15, -0.1) is 6.42 Å². The van der Waals surface area contributed by atoms with E-state index in [1.165, 1.54) is 7.11 Å². The highest BCUT2D eigenvalue weighted by atomic mass is 16.5. The van der Waals surface area contributed by atoms with Gasteiger partial charge in [0.25, 0.3) is 0 Å². The molecule has 4 heteroatoms. The molecule has 4 nitrogen and oxygen atoms in total. The summed E-state index contributed by atoms with van der Waals surface area (Å²) in [5, 5.41) is 2.90. The Bertz CT molecular complexity index is 222. The molecule has 0 aliphatic carbocycles. The Morgan fingerprint density at radius 2 is 2.29 bits per heavy atom. The van der Waals surface area contributed by atoms with Crippen LogP contribution < -0.4 is 5.32 Å². The van der Waals surface area contributed by atoms with Gasteiger partial charge in [-0.05, 0) is 13.8 Å².